The second-order valence-corrected chi connectivity index (χ2v) is 5.58. The van der Waals surface area contributed by atoms with Gasteiger partial charge in [-0.1, -0.05) is 6.92 Å². The maximum atomic E-state index is 11.5. The van der Waals surface area contributed by atoms with E-state index in [9.17, 15) is 19.5 Å². The zero-order valence-corrected chi connectivity index (χ0v) is 12.4. The van der Waals surface area contributed by atoms with Crippen molar-refractivity contribution in [1.29, 1.82) is 0 Å². The van der Waals surface area contributed by atoms with Gasteiger partial charge in [-0.25, -0.2) is 0 Å². The fourth-order valence-corrected chi connectivity index (χ4v) is 2.63. The second kappa shape index (κ2) is 6.83. The van der Waals surface area contributed by atoms with Crippen LogP contribution in [0.3, 0.4) is 0 Å². The normalized spacial score (nSPS) is 18.7. The van der Waals surface area contributed by atoms with Crippen LogP contribution in [-0.4, -0.2) is 45.9 Å². The molecule has 1 saturated heterocycles. The average molecular weight is 284 g/mol. The van der Waals surface area contributed by atoms with Gasteiger partial charge in [0, 0.05) is 25.4 Å². The third-order valence-corrected chi connectivity index (χ3v) is 3.72. The molecule has 0 aliphatic carbocycles. The van der Waals surface area contributed by atoms with Crippen molar-refractivity contribution in [2.45, 2.75) is 64.5 Å². The van der Waals surface area contributed by atoms with Gasteiger partial charge in [0.15, 0.2) is 0 Å². The Hall–Kier alpha value is -1.43. The van der Waals surface area contributed by atoms with Crippen molar-refractivity contribution < 1.29 is 19.5 Å². The van der Waals surface area contributed by atoms with Gasteiger partial charge < -0.3 is 5.11 Å². The molecule has 0 spiro atoms. The molecule has 1 aliphatic rings. The number of hydrogen-bond donors (Lipinski definition) is 2. The summed E-state index contributed by atoms with van der Waals surface area (Å²) in [6.45, 7) is 5.95. The van der Waals surface area contributed by atoms with Gasteiger partial charge in [-0.2, -0.15) is 0 Å². The molecule has 20 heavy (non-hydrogen) atoms. The predicted octanol–water partition coefficient (Wildman–Crippen LogP) is 1.15. The molecule has 1 rings (SSSR count). The van der Waals surface area contributed by atoms with Crippen LogP contribution in [0.1, 0.15) is 52.9 Å². The number of likely N-dealkylation sites (tertiary alicyclic amines) is 1. The third-order valence-electron chi connectivity index (χ3n) is 3.72. The summed E-state index contributed by atoms with van der Waals surface area (Å²) in [5.41, 5.74) is -0.986. The topological polar surface area (TPSA) is 86.7 Å². The number of carbonyl (C=O) groups is 3. The maximum Gasteiger partial charge on any atom is 0.323 e. The van der Waals surface area contributed by atoms with Crippen LogP contribution in [0.25, 0.3) is 0 Å². The summed E-state index contributed by atoms with van der Waals surface area (Å²) in [5.74, 6) is -1.18. The number of amides is 2. The minimum Gasteiger partial charge on any atom is -0.480 e. The van der Waals surface area contributed by atoms with Gasteiger partial charge in [0.1, 0.15) is 5.54 Å². The van der Waals surface area contributed by atoms with Gasteiger partial charge in [-0.05, 0) is 33.1 Å². The molecule has 0 aromatic rings. The van der Waals surface area contributed by atoms with Gasteiger partial charge in [-0.3, -0.25) is 24.6 Å². The summed E-state index contributed by atoms with van der Waals surface area (Å²) in [4.78, 5) is 35.8. The smallest absolute Gasteiger partial charge is 0.323 e. The molecular weight excluding hydrogens is 260 g/mol. The standard InChI is InChI=1S/C14H24N2O4/c1-4-14(13(19)20,15-10(2)3)8-5-9-16-11(17)6-7-12(16)18/h10,15H,4-9H2,1-3H3,(H,19,20). The van der Waals surface area contributed by atoms with Crippen molar-refractivity contribution in [1.82, 2.24) is 10.2 Å². The van der Waals surface area contributed by atoms with Crippen molar-refractivity contribution in [2.24, 2.45) is 0 Å². The van der Waals surface area contributed by atoms with Gasteiger partial charge in [0.25, 0.3) is 0 Å². The summed E-state index contributed by atoms with van der Waals surface area (Å²) in [5, 5.41) is 12.6. The van der Waals surface area contributed by atoms with Gasteiger partial charge in [0.2, 0.25) is 11.8 Å². The van der Waals surface area contributed by atoms with Crippen LogP contribution in [0.15, 0.2) is 0 Å². The first-order valence-corrected chi connectivity index (χ1v) is 7.16. The Morgan fingerprint density at radius 1 is 1.35 bits per heavy atom. The molecule has 0 bridgehead atoms. The number of carboxylic acid groups (broad SMARTS) is 1. The summed E-state index contributed by atoms with van der Waals surface area (Å²) < 4.78 is 0. The Bertz CT molecular complexity index is 379. The highest BCUT2D eigenvalue weighted by molar-refractivity contribution is 6.01. The van der Waals surface area contributed by atoms with E-state index in [1.54, 1.807) is 0 Å². The Morgan fingerprint density at radius 3 is 2.30 bits per heavy atom. The quantitative estimate of drug-likeness (QED) is 0.653. The monoisotopic (exact) mass is 284 g/mol. The van der Waals surface area contributed by atoms with Crippen LogP contribution in [0.4, 0.5) is 0 Å². The molecule has 0 aromatic carbocycles. The van der Waals surface area contributed by atoms with E-state index in [0.29, 0.717) is 25.8 Å². The highest BCUT2D eigenvalue weighted by Crippen LogP contribution is 2.21. The van der Waals surface area contributed by atoms with Gasteiger partial charge >= 0.3 is 5.97 Å². The fourth-order valence-electron chi connectivity index (χ4n) is 2.63. The molecule has 1 aliphatic heterocycles. The lowest BCUT2D eigenvalue weighted by molar-refractivity contribution is -0.145. The fraction of sp³-hybridized carbons (Fsp3) is 0.786. The number of aliphatic carboxylic acids is 1. The number of carbonyl (C=O) groups excluding carboxylic acids is 2. The van der Waals surface area contributed by atoms with E-state index in [0.717, 1.165) is 0 Å². The number of hydrogen-bond acceptors (Lipinski definition) is 4. The molecule has 1 heterocycles. The maximum absolute atomic E-state index is 11.5. The minimum atomic E-state index is -0.986. The molecule has 1 unspecified atom stereocenters. The van der Waals surface area contributed by atoms with Crippen LogP contribution < -0.4 is 5.32 Å². The minimum absolute atomic E-state index is 0.0566. The lowest BCUT2D eigenvalue weighted by atomic mass is 9.89. The van der Waals surface area contributed by atoms with Crippen LogP contribution in [0.5, 0.6) is 0 Å². The zero-order chi connectivity index (χ0) is 15.3. The molecule has 1 fully saturated rings. The van der Waals surface area contributed by atoms with Crippen molar-refractivity contribution in [2.75, 3.05) is 6.54 Å². The Kier molecular flexibility index (Phi) is 5.68. The molecule has 2 N–H and O–H groups in total. The van der Waals surface area contributed by atoms with E-state index in [-0.39, 0.29) is 30.7 Å². The number of rotatable bonds is 8. The number of nitrogens with zero attached hydrogens (tertiary/aromatic N) is 1. The first-order valence-electron chi connectivity index (χ1n) is 7.16. The summed E-state index contributed by atoms with van der Waals surface area (Å²) >= 11 is 0. The number of nitrogens with one attached hydrogen (secondary N) is 1. The molecule has 0 aromatic heterocycles. The number of carboxylic acids is 1. The van der Waals surface area contributed by atoms with E-state index in [2.05, 4.69) is 5.32 Å². The lowest BCUT2D eigenvalue weighted by Crippen LogP contribution is -2.54. The second-order valence-electron chi connectivity index (χ2n) is 5.58. The zero-order valence-electron chi connectivity index (χ0n) is 12.4. The molecule has 6 nitrogen and oxygen atoms in total. The van der Waals surface area contributed by atoms with E-state index >= 15 is 0 Å². The molecule has 0 radical (unpaired) electrons. The van der Waals surface area contributed by atoms with Crippen LogP contribution in [0, 0.1) is 0 Å². The lowest BCUT2D eigenvalue weighted by Gasteiger charge is -2.32. The Balaban J connectivity index is 2.60. The summed E-state index contributed by atoms with van der Waals surface area (Å²) in [6.07, 6.45) is 1.91. The molecular formula is C14H24N2O4. The van der Waals surface area contributed by atoms with E-state index < -0.39 is 11.5 Å². The van der Waals surface area contributed by atoms with Gasteiger partial charge in [-0.15, -0.1) is 0 Å². The van der Waals surface area contributed by atoms with E-state index in [4.69, 9.17) is 0 Å². The van der Waals surface area contributed by atoms with E-state index in [1.165, 1.54) is 4.90 Å². The van der Waals surface area contributed by atoms with Crippen LogP contribution in [-0.2, 0) is 14.4 Å². The van der Waals surface area contributed by atoms with Crippen molar-refractivity contribution in [3.63, 3.8) is 0 Å². The largest absolute Gasteiger partial charge is 0.480 e. The van der Waals surface area contributed by atoms with Crippen molar-refractivity contribution in [3.8, 4) is 0 Å². The SMILES string of the molecule is CCC(CCCN1C(=O)CCC1=O)(NC(C)C)C(=O)O. The van der Waals surface area contributed by atoms with Crippen LogP contribution in [0.2, 0.25) is 0 Å². The van der Waals surface area contributed by atoms with Crippen LogP contribution >= 0.6 is 0 Å². The highest BCUT2D eigenvalue weighted by atomic mass is 16.4. The van der Waals surface area contributed by atoms with E-state index in [1.807, 2.05) is 20.8 Å². The molecule has 114 valence electrons. The number of imide groups is 1. The highest BCUT2D eigenvalue weighted by Gasteiger charge is 2.37. The Morgan fingerprint density at radius 2 is 1.90 bits per heavy atom. The predicted molar refractivity (Wildman–Crippen MR) is 74.1 cm³/mol. The van der Waals surface area contributed by atoms with Crippen molar-refractivity contribution in [3.05, 3.63) is 0 Å². The van der Waals surface area contributed by atoms with Crippen molar-refractivity contribution >= 4 is 17.8 Å². The Labute approximate surface area is 119 Å². The first kappa shape index (κ1) is 16.6. The molecule has 1 atom stereocenters. The van der Waals surface area contributed by atoms with Gasteiger partial charge in [0.05, 0.1) is 0 Å². The summed E-state index contributed by atoms with van der Waals surface area (Å²) in [7, 11) is 0. The average Bonchev–Trinajstić information content (AvgIpc) is 2.68. The first-order chi connectivity index (χ1) is 9.32. The molecule has 0 saturated carbocycles. The summed E-state index contributed by atoms with van der Waals surface area (Å²) in [6, 6.07) is 0.0566. The molecule has 2 amide bonds. The molecule has 6 heteroatoms. The third kappa shape index (κ3) is 3.79.